The van der Waals surface area contributed by atoms with Gasteiger partial charge >= 0.3 is 0 Å². The lowest BCUT2D eigenvalue weighted by molar-refractivity contribution is 0.669. The second-order valence-electron chi connectivity index (χ2n) is 12.4. The van der Waals surface area contributed by atoms with E-state index in [1.807, 2.05) is 30.3 Å². The zero-order valence-electron chi connectivity index (χ0n) is 31.3. The quantitative estimate of drug-likeness (QED) is 0.177. The highest BCUT2D eigenvalue weighted by Crippen LogP contribution is 2.48. The third-order valence-corrected chi connectivity index (χ3v) is 9.76. The Hall–Kier alpha value is -6.44. The van der Waals surface area contributed by atoms with Crippen LogP contribution in [-0.4, -0.2) is 0 Å². The number of furan rings is 1. The van der Waals surface area contributed by atoms with Crippen molar-refractivity contribution in [1.29, 1.82) is 0 Å². The molecular weight excluding hydrogens is 593 g/mol. The van der Waals surface area contributed by atoms with Crippen molar-refractivity contribution in [1.82, 2.24) is 0 Å². The molecule has 1 heteroatoms. The van der Waals surface area contributed by atoms with Gasteiger partial charge in [-0.05, 0) is 95.0 Å². The SMILES string of the molecule is [2H]c1c([2H])c([2H])c(-c2ccc3oc4cccc(-c5c6ccccc6c(-c6ccc(-c7ccccc7)c7ccccc67)c6ccccc56)c4c3c2)c([2H])c1[2H]. The smallest absolute Gasteiger partial charge is 0.136 e. The van der Waals surface area contributed by atoms with Crippen LogP contribution < -0.4 is 0 Å². The van der Waals surface area contributed by atoms with Crippen molar-refractivity contribution in [2.45, 2.75) is 0 Å². The van der Waals surface area contributed by atoms with E-state index in [1.54, 1.807) is 6.07 Å². The van der Waals surface area contributed by atoms with Gasteiger partial charge in [-0.25, -0.2) is 0 Å². The molecule has 1 heterocycles. The summed E-state index contributed by atoms with van der Waals surface area (Å²) in [6.07, 6.45) is 0. The maximum Gasteiger partial charge on any atom is 0.136 e. The number of benzene rings is 9. The summed E-state index contributed by atoms with van der Waals surface area (Å²) >= 11 is 0. The van der Waals surface area contributed by atoms with Gasteiger partial charge in [-0.3, -0.25) is 0 Å². The lowest BCUT2D eigenvalue weighted by Crippen LogP contribution is -1.92. The van der Waals surface area contributed by atoms with Crippen LogP contribution in [0.1, 0.15) is 6.85 Å². The molecule has 10 aromatic rings. The molecule has 0 fully saturated rings. The summed E-state index contributed by atoms with van der Waals surface area (Å²) < 4.78 is 48.5. The summed E-state index contributed by atoms with van der Waals surface area (Å²) in [5, 5.41) is 8.57. The van der Waals surface area contributed by atoms with Crippen LogP contribution in [0.4, 0.5) is 0 Å². The number of fused-ring (bicyclic) bond motifs is 6. The summed E-state index contributed by atoms with van der Waals surface area (Å²) in [6, 6.07) is 50.9. The van der Waals surface area contributed by atoms with E-state index < -0.39 is 6.04 Å². The molecule has 0 unspecified atom stereocenters. The molecule has 10 rings (SSSR count). The zero-order valence-corrected chi connectivity index (χ0v) is 26.3. The molecular formula is C48H30O. The molecule has 0 aliphatic rings. The molecule has 0 bridgehead atoms. The van der Waals surface area contributed by atoms with Crippen molar-refractivity contribution in [3.05, 3.63) is 182 Å². The van der Waals surface area contributed by atoms with Gasteiger partial charge in [0.15, 0.2) is 0 Å². The van der Waals surface area contributed by atoms with Crippen molar-refractivity contribution >= 4 is 54.3 Å². The summed E-state index contributed by atoms with van der Waals surface area (Å²) in [7, 11) is 0. The lowest BCUT2D eigenvalue weighted by Gasteiger charge is -2.20. The Labute approximate surface area is 291 Å². The number of rotatable bonds is 4. The molecule has 228 valence electrons. The Morgan fingerprint density at radius 1 is 0.347 bits per heavy atom. The van der Waals surface area contributed by atoms with Gasteiger partial charge in [-0.15, -0.1) is 0 Å². The van der Waals surface area contributed by atoms with Crippen LogP contribution in [0.3, 0.4) is 0 Å². The van der Waals surface area contributed by atoms with Crippen LogP contribution in [0, 0.1) is 0 Å². The van der Waals surface area contributed by atoms with Crippen molar-refractivity contribution in [2.24, 2.45) is 0 Å². The standard InChI is InChI=1S/C48H30O/c1-3-14-31(15-4-1)33-26-29-44-43(30-33)48-42(24-13-25-45(48)49-44)47-39-22-11-9-20-37(39)46(38-21-10-12-23-40(38)47)41-28-27-34(32-16-5-2-6-17-32)35-18-7-8-19-36(35)41/h1-30H/i1D,3D,4D,14D,15D. The van der Waals surface area contributed by atoms with Crippen molar-refractivity contribution < 1.29 is 11.3 Å². The summed E-state index contributed by atoms with van der Waals surface area (Å²) in [5.74, 6) is 0. The minimum Gasteiger partial charge on any atom is -0.456 e. The maximum atomic E-state index is 8.67. The van der Waals surface area contributed by atoms with Gasteiger partial charge < -0.3 is 4.42 Å². The molecule has 0 N–H and O–H groups in total. The third kappa shape index (κ3) is 4.33. The molecule has 49 heavy (non-hydrogen) atoms. The van der Waals surface area contributed by atoms with Crippen LogP contribution >= 0.6 is 0 Å². The van der Waals surface area contributed by atoms with Crippen LogP contribution in [0.15, 0.2) is 186 Å². The fraction of sp³-hybridized carbons (Fsp3) is 0. The average Bonchev–Trinajstić information content (AvgIpc) is 3.60. The molecule has 9 aromatic carbocycles. The first-order valence-electron chi connectivity index (χ1n) is 18.9. The van der Waals surface area contributed by atoms with E-state index in [0.717, 1.165) is 43.4 Å². The summed E-state index contributed by atoms with van der Waals surface area (Å²) in [6.45, 7) is 0. The van der Waals surface area contributed by atoms with Gasteiger partial charge in [-0.2, -0.15) is 0 Å². The second kappa shape index (κ2) is 11.1. The average molecular weight is 628 g/mol. The Morgan fingerprint density at radius 2 is 0.918 bits per heavy atom. The summed E-state index contributed by atoms with van der Waals surface area (Å²) in [4.78, 5) is 0. The molecule has 0 radical (unpaired) electrons. The molecule has 1 nitrogen and oxygen atoms in total. The monoisotopic (exact) mass is 627 g/mol. The highest BCUT2D eigenvalue weighted by molar-refractivity contribution is 6.27. The fourth-order valence-corrected chi connectivity index (χ4v) is 7.68. The van der Waals surface area contributed by atoms with Crippen molar-refractivity contribution in [2.75, 3.05) is 0 Å². The second-order valence-corrected chi connectivity index (χ2v) is 12.4. The third-order valence-electron chi connectivity index (χ3n) is 9.76. The summed E-state index contributed by atoms with van der Waals surface area (Å²) in [5.41, 5.74) is 8.86. The predicted octanol–water partition coefficient (Wildman–Crippen LogP) is 13.7. The Balaban J connectivity index is 1.28. The number of hydrogen-bond donors (Lipinski definition) is 0. The van der Waals surface area contributed by atoms with E-state index in [2.05, 4.69) is 115 Å². The van der Waals surface area contributed by atoms with Crippen molar-refractivity contribution in [3.8, 4) is 44.5 Å². The predicted molar refractivity (Wildman–Crippen MR) is 208 cm³/mol. The molecule has 0 atom stereocenters. The molecule has 0 amide bonds. The van der Waals surface area contributed by atoms with Gasteiger partial charge in [0.05, 0.1) is 6.85 Å². The Bertz CT molecular complexity index is 3080. The van der Waals surface area contributed by atoms with Crippen LogP contribution in [0.25, 0.3) is 98.8 Å². The van der Waals surface area contributed by atoms with Crippen LogP contribution in [0.5, 0.6) is 0 Å². The highest BCUT2D eigenvalue weighted by atomic mass is 16.3. The van der Waals surface area contributed by atoms with E-state index in [9.17, 15) is 0 Å². The van der Waals surface area contributed by atoms with Crippen molar-refractivity contribution in [3.63, 3.8) is 0 Å². The molecule has 0 saturated heterocycles. The fourth-order valence-electron chi connectivity index (χ4n) is 7.68. The zero-order chi connectivity index (χ0) is 36.7. The van der Waals surface area contributed by atoms with Gasteiger partial charge in [-0.1, -0.05) is 164 Å². The molecule has 0 aliphatic heterocycles. The lowest BCUT2D eigenvalue weighted by atomic mass is 9.83. The minimum atomic E-state index is -0.409. The van der Waals surface area contributed by atoms with E-state index in [-0.39, 0.29) is 29.7 Å². The van der Waals surface area contributed by atoms with Gasteiger partial charge in [0.25, 0.3) is 0 Å². The largest absolute Gasteiger partial charge is 0.456 e. The highest BCUT2D eigenvalue weighted by Gasteiger charge is 2.21. The van der Waals surface area contributed by atoms with Gasteiger partial charge in [0.1, 0.15) is 11.2 Å². The molecule has 0 spiro atoms. The number of hydrogen-bond acceptors (Lipinski definition) is 1. The van der Waals surface area contributed by atoms with Crippen LogP contribution in [-0.2, 0) is 0 Å². The first-order valence-corrected chi connectivity index (χ1v) is 16.4. The molecule has 0 saturated carbocycles. The van der Waals surface area contributed by atoms with Crippen LogP contribution in [0.2, 0.25) is 0 Å². The first-order chi connectivity index (χ1) is 26.4. The normalized spacial score (nSPS) is 13.1. The first kappa shape index (κ1) is 23.0. The molecule has 1 aromatic heterocycles. The van der Waals surface area contributed by atoms with Gasteiger partial charge in [0, 0.05) is 10.8 Å². The van der Waals surface area contributed by atoms with Gasteiger partial charge in [0.2, 0.25) is 0 Å². The molecule has 0 aliphatic carbocycles. The Kier molecular flexibility index (Phi) is 5.20. The van der Waals surface area contributed by atoms with E-state index >= 15 is 0 Å². The van der Waals surface area contributed by atoms with E-state index in [4.69, 9.17) is 11.3 Å². The topological polar surface area (TPSA) is 13.1 Å². The van der Waals surface area contributed by atoms with E-state index in [0.29, 0.717) is 16.7 Å². The Morgan fingerprint density at radius 3 is 1.59 bits per heavy atom. The minimum absolute atomic E-state index is 0.167. The van der Waals surface area contributed by atoms with E-state index in [1.165, 1.54) is 33.0 Å². The maximum absolute atomic E-state index is 8.67.